The number of hydrogen-bond acceptors (Lipinski definition) is 3. The fraction of sp³-hybridized carbons (Fsp3) is 0.923. The lowest BCUT2D eigenvalue weighted by molar-refractivity contribution is -0.165. The number of carbonyl (C=O) groups is 1. The maximum atomic E-state index is 11.3. The maximum absolute atomic E-state index is 11.3. The van der Waals surface area contributed by atoms with Crippen molar-refractivity contribution < 1.29 is 14.3 Å². The van der Waals surface area contributed by atoms with E-state index in [0.717, 1.165) is 19.3 Å². The van der Waals surface area contributed by atoms with Crippen molar-refractivity contribution in [2.75, 3.05) is 0 Å². The summed E-state index contributed by atoms with van der Waals surface area (Å²) in [6.07, 6.45) is 8.77. The molecule has 3 unspecified atom stereocenters. The van der Waals surface area contributed by atoms with Crippen LogP contribution in [0.1, 0.15) is 51.9 Å². The Morgan fingerprint density at radius 1 is 1.31 bits per heavy atom. The molecule has 1 aliphatic carbocycles. The van der Waals surface area contributed by atoms with Crippen LogP contribution in [0.2, 0.25) is 0 Å². The van der Waals surface area contributed by atoms with E-state index in [1.807, 2.05) is 0 Å². The van der Waals surface area contributed by atoms with Crippen LogP contribution < -0.4 is 0 Å². The minimum absolute atomic E-state index is 0.121. The molecule has 2 saturated heterocycles. The lowest BCUT2D eigenvalue weighted by Crippen LogP contribution is -2.44. The lowest BCUT2D eigenvalue weighted by atomic mass is 9.75. The lowest BCUT2D eigenvalue weighted by Gasteiger charge is -2.37. The van der Waals surface area contributed by atoms with E-state index in [-0.39, 0.29) is 11.6 Å². The minimum atomic E-state index is -0.175. The SMILES string of the molecule is CC(=O)OC1(C2CC3CCC2O3)CCCC1. The Balaban J connectivity index is 1.80. The first-order chi connectivity index (χ1) is 7.70. The summed E-state index contributed by atoms with van der Waals surface area (Å²) < 4.78 is 11.6. The third-order valence-electron chi connectivity index (χ3n) is 4.58. The first-order valence-electron chi connectivity index (χ1n) is 6.55. The largest absolute Gasteiger partial charge is 0.459 e. The van der Waals surface area contributed by atoms with Crippen molar-refractivity contribution in [3.63, 3.8) is 0 Å². The van der Waals surface area contributed by atoms with Gasteiger partial charge >= 0.3 is 5.97 Å². The smallest absolute Gasteiger partial charge is 0.303 e. The maximum Gasteiger partial charge on any atom is 0.303 e. The van der Waals surface area contributed by atoms with E-state index in [0.29, 0.717) is 18.1 Å². The van der Waals surface area contributed by atoms with Gasteiger partial charge in [0, 0.05) is 12.8 Å². The average Bonchev–Trinajstić information content (AvgIpc) is 2.89. The van der Waals surface area contributed by atoms with Gasteiger partial charge in [0.15, 0.2) is 0 Å². The molecule has 1 saturated carbocycles. The first kappa shape index (κ1) is 10.6. The van der Waals surface area contributed by atoms with Crippen molar-refractivity contribution in [1.29, 1.82) is 0 Å². The Labute approximate surface area is 96.5 Å². The van der Waals surface area contributed by atoms with Crippen LogP contribution in [0.3, 0.4) is 0 Å². The van der Waals surface area contributed by atoms with Crippen LogP contribution in [0, 0.1) is 5.92 Å². The van der Waals surface area contributed by atoms with Crippen LogP contribution in [0.4, 0.5) is 0 Å². The second kappa shape index (κ2) is 3.73. The summed E-state index contributed by atoms with van der Waals surface area (Å²) in [6, 6.07) is 0. The van der Waals surface area contributed by atoms with E-state index < -0.39 is 0 Å². The summed E-state index contributed by atoms with van der Waals surface area (Å²) in [5.41, 5.74) is -0.175. The van der Waals surface area contributed by atoms with Crippen molar-refractivity contribution in [2.24, 2.45) is 5.92 Å². The molecule has 0 radical (unpaired) electrons. The van der Waals surface area contributed by atoms with Crippen LogP contribution in [-0.2, 0) is 14.3 Å². The molecule has 2 heterocycles. The average molecular weight is 224 g/mol. The highest BCUT2D eigenvalue weighted by molar-refractivity contribution is 5.66. The number of rotatable bonds is 2. The monoisotopic (exact) mass is 224 g/mol. The Hall–Kier alpha value is -0.570. The third-order valence-corrected chi connectivity index (χ3v) is 4.58. The fourth-order valence-corrected chi connectivity index (χ4v) is 4.00. The highest BCUT2D eigenvalue weighted by Crippen LogP contribution is 2.51. The highest BCUT2D eigenvalue weighted by Gasteiger charge is 2.54. The van der Waals surface area contributed by atoms with Crippen molar-refractivity contribution in [1.82, 2.24) is 0 Å². The molecule has 0 aromatic rings. The predicted molar refractivity (Wildman–Crippen MR) is 59.0 cm³/mol. The molecule has 3 aliphatic rings. The van der Waals surface area contributed by atoms with Gasteiger partial charge in [0.05, 0.1) is 12.2 Å². The van der Waals surface area contributed by atoms with E-state index in [4.69, 9.17) is 9.47 Å². The Kier molecular flexibility index (Phi) is 2.46. The standard InChI is InChI=1S/C13H20O3/c1-9(14)16-13(6-2-3-7-13)11-8-10-4-5-12(11)15-10/h10-12H,2-8H2,1H3. The van der Waals surface area contributed by atoms with Gasteiger partial charge in [0.2, 0.25) is 0 Å². The third kappa shape index (κ3) is 1.56. The summed E-state index contributed by atoms with van der Waals surface area (Å²) in [7, 11) is 0. The molecule has 0 spiro atoms. The van der Waals surface area contributed by atoms with Crippen LogP contribution >= 0.6 is 0 Å². The Bertz CT molecular complexity index is 294. The van der Waals surface area contributed by atoms with Crippen molar-refractivity contribution in [2.45, 2.75) is 69.7 Å². The van der Waals surface area contributed by atoms with Gasteiger partial charge in [-0.25, -0.2) is 0 Å². The van der Waals surface area contributed by atoms with Gasteiger partial charge in [-0.05, 0) is 44.9 Å². The zero-order valence-corrected chi connectivity index (χ0v) is 9.91. The molecule has 3 heteroatoms. The van der Waals surface area contributed by atoms with Crippen molar-refractivity contribution in [3.05, 3.63) is 0 Å². The van der Waals surface area contributed by atoms with Crippen LogP contribution in [0.5, 0.6) is 0 Å². The van der Waals surface area contributed by atoms with Gasteiger partial charge in [-0.1, -0.05) is 0 Å². The summed E-state index contributed by atoms with van der Waals surface area (Å²) in [4.78, 5) is 11.3. The summed E-state index contributed by atoms with van der Waals surface area (Å²) in [5, 5.41) is 0. The number of fused-ring (bicyclic) bond motifs is 2. The second-order valence-corrected chi connectivity index (χ2v) is 5.58. The Morgan fingerprint density at radius 2 is 2.06 bits per heavy atom. The topological polar surface area (TPSA) is 35.5 Å². The van der Waals surface area contributed by atoms with E-state index in [1.54, 1.807) is 0 Å². The van der Waals surface area contributed by atoms with E-state index >= 15 is 0 Å². The predicted octanol–water partition coefficient (Wildman–Crippen LogP) is 2.43. The molecule has 3 atom stereocenters. The van der Waals surface area contributed by atoms with E-state index in [1.165, 1.54) is 32.6 Å². The zero-order valence-electron chi connectivity index (χ0n) is 9.91. The van der Waals surface area contributed by atoms with Crippen LogP contribution in [0.15, 0.2) is 0 Å². The van der Waals surface area contributed by atoms with E-state index in [9.17, 15) is 4.79 Å². The number of ether oxygens (including phenoxy) is 2. The van der Waals surface area contributed by atoms with Gasteiger partial charge in [-0.2, -0.15) is 0 Å². The molecule has 3 fully saturated rings. The van der Waals surface area contributed by atoms with Gasteiger partial charge < -0.3 is 9.47 Å². The molecule has 16 heavy (non-hydrogen) atoms. The zero-order chi connectivity index (χ0) is 11.2. The molecular weight excluding hydrogens is 204 g/mol. The van der Waals surface area contributed by atoms with Gasteiger partial charge in [0.1, 0.15) is 5.60 Å². The summed E-state index contributed by atoms with van der Waals surface area (Å²) in [6.45, 7) is 1.54. The molecule has 3 nitrogen and oxygen atoms in total. The van der Waals surface area contributed by atoms with Gasteiger partial charge in [-0.15, -0.1) is 0 Å². The van der Waals surface area contributed by atoms with Gasteiger partial charge in [-0.3, -0.25) is 4.79 Å². The van der Waals surface area contributed by atoms with Crippen molar-refractivity contribution >= 4 is 5.97 Å². The molecule has 0 aromatic heterocycles. The summed E-state index contributed by atoms with van der Waals surface area (Å²) >= 11 is 0. The molecule has 0 aromatic carbocycles. The molecular formula is C13H20O3. The molecule has 0 N–H and O–H groups in total. The van der Waals surface area contributed by atoms with Crippen LogP contribution in [-0.4, -0.2) is 23.8 Å². The normalized spacial score (nSPS) is 40.2. The molecule has 0 amide bonds. The number of carbonyl (C=O) groups excluding carboxylic acids is 1. The Morgan fingerprint density at radius 3 is 2.56 bits per heavy atom. The molecule has 3 rings (SSSR count). The fourth-order valence-electron chi connectivity index (χ4n) is 4.00. The molecule has 90 valence electrons. The highest BCUT2D eigenvalue weighted by atomic mass is 16.6. The second-order valence-electron chi connectivity index (χ2n) is 5.58. The first-order valence-corrected chi connectivity index (χ1v) is 6.55. The molecule has 2 bridgehead atoms. The van der Waals surface area contributed by atoms with Crippen molar-refractivity contribution in [3.8, 4) is 0 Å². The van der Waals surface area contributed by atoms with Gasteiger partial charge in [0.25, 0.3) is 0 Å². The summed E-state index contributed by atoms with van der Waals surface area (Å²) in [5.74, 6) is 0.349. The number of esters is 1. The quantitative estimate of drug-likeness (QED) is 0.676. The van der Waals surface area contributed by atoms with E-state index in [2.05, 4.69) is 0 Å². The number of hydrogen-bond donors (Lipinski definition) is 0. The molecule has 2 aliphatic heterocycles. The van der Waals surface area contributed by atoms with Crippen LogP contribution in [0.25, 0.3) is 0 Å². The minimum Gasteiger partial charge on any atom is -0.459 e.